The molecule has 0 N–H and O–H groups in total. The molecule has 0 aliphatic carbocycles. The van der Waals surface area contributed by atoms with Crippen molar-refractivity contribution in [2.75, 3.05) is 0 Å². The summed E-state index contributed by atoms with van der Waals surface area (Å²) in [6.45, 7) is -2.88. The predicted octanol–water partition coefficient (Wildman–Crippen LogP) is 6.75. The Hall–Kier alpha value is -4.41. The largest absolute Gasteiger partial charge is 0.619 e. The van der Waals surface area contributed by atoms with Crippen molar-refractivity contribution in [2.45, 2.75) is 45.0 Å². The molecule has 0 fully saturated rings. The molecule has 210 valence electrons. The van der Waals surface area contributed by atoms with E-state index in [2.05, 4.69) is 14.5 Å². The first kappa shape index (κ1) is 28.6. The maximum absolute atomic E-state index is 13.3. The predicted molar refractivity (Wildman–Crippen MR) is 135 cm³/mol. The molecule has 6 nitrogen and oxygen atoms in total. The van der Waals surface area contributed by atoms with Gasteiger partial charge in [-0.2, -0.15) is 22.3 Å². The average molecular weight is 561 g/mol. The van der Waals surface area contributed by atoms with Gasteiger partial charge in [-0.3, -0.25) is 0 Å². The first-order valence-corrected chi connectivity index (χ1v) is 12.1. The second-order valence-corrected chi connectivity index (χ2v) is 9.34. The van der Waals surface area contributed by atoms with Gasteiger partial charge in [-0.1, -0.05) is 24.3 Å². The van der Waals surface area contributed by atoms with E-state index in [1.54, 1.807) is 42.6 Å². The van der Waals surface area contributed by atoms with Crippen molar-refractivity contribution < 1.29 is 40.9 Å². The van der Waals surface area contributed by atoms with E-state index in [4.69, 9.17) is 4.74 Å². The quantitative estimate of drug-likeness (QED) is 0.115. The average Bonchev–Trinajstić information content (AvgIpc) is 2.89. The molecule has 11 heteroatoms. The minimum atomic E-state index is -3.27. The number of alkyl halides is 4. The zero-order valence-corrected chi connectivity index (χ0v) is 21.4. The van der Waals surface area contributed by atoms with E-state index < -0.39 is 36.2 Å². The van der Waals surface area contributed by atoms with E-state index in [9.17, 15) is 27.2 Å². The highest BCUT2D eigenvalue weighted by atomic mass is 19.3. The van der Waals surface area contributed by atoms with Gasteiger partial charge in [0.2, 0.25) is 5.88 Å². The molecule has 40 heavy (non-hydrogen) atoms. The van der Waals surface area contributed by atoms with Crippen LogP contribution in [0.5, 0.6) is 17.4 Å². The molecule has 0 aliphatic heterocycles. The zero-order chi connectivity index (χ0) is 28.9. The number of rotatable bonds is 11. The number of aromatic nitrogens is 2. The maximum Gasteiger partial charge on any atom is 0.387 e. The Kier molecular flexibility index (Phi) is 8.71. The van der Waals surface area contributed by atoms with Crippen molar-refractivity contribution in [3.8, 4) is 17.4 Å². The summed E-state index contributed by atoms with van der Waals surface area (Å²) in [5.74, 6) is -1.67. The number of benzene rings is 2. The zero-order valence-electron chi connectivity index (χ0n) is 21.4. The van der Waals surface area contributed by atoms with Gasteiger partial charge in [0.25, 0.3) is 0 Å². The summed E-state index contributed by atoms with van der Waals surface area (Å²) in [5, 5.41) is 11.5. The van der Waals surface area contributed by atoms with Gasteiger partial charge in [-0.25, -0.2) is 9.37 Å². The highest BCUT2D eigenvalue weighted by molar-refractivity contribution is 5.47. The molecule has 4 aromatic rings. The molecular formula is C29H25F5N2O4. The van der Waals surface area contributed by atoms with Crippen LogP contribution in [0.25, 0.3) is 0 Å². The second kappa shape index (κ2) is 12.2. The monoisotopic (exact) mass is 560 g/mol. The summed E-state index contributed by atoms with van der Waals surface area (Å²) < 4.78 is 80.6. The van der Waals surface area contributed by atoms with Crippen molar-refractivity contribution in [3.63, 3.8) is 0 Å². The Morgan fingerprint density at radius 2 is 1.45 bits per heavy atom. The normalized spacial score (nSPS) is 12.4. The summed E-state index contributed by atoms with van der Waals surface area (Å²) in [4.78, 5) is 4.41. The topological polar surface area (TPSA) is 67.5 Å². The highest BCUT2D eigenvalue weighted by Gasteiger charge is 2.25. The minimum Gasteiger partial charge on any atom is -0.619 e. The number of pyridine rings is 2. The molecule has 0 bridgehead atoms. The first-order valence-electron chi connectivity index (χ1n) is 12.1. The molecule has 0 saturated carbocycles. The fourth-order valence-electron chi connectivity index (χ4n) is 4.20. The van der Waals surface area contributed by atoms with Crippen LogP contribution in [0, 0.1) is 11.0 Å². The van der Waals surface area contributed by atoms with Crippen LogP contribution in [0.4, 0.5) is 22.0 Å². The standard InChI is InChI=1S/C29H25F5N2O4/c1-29(2,21-5-7-22(30)8-6-21)40-26-10-4-20(17-35-26)23(15-18-11-13-36(37)14-12-18)19-3-9-24(38-27(31)32)25(16-19)39-28(33)34/h3-14,16-17,23,27-28H,15H2,1-2H3. The van der Waals surface area contributed by atoms with Crippen molar-refractivity contribution >= 4 is 0 Å². The van der Waals surface area contributed by atoms with Crippen LogP contribution in [-0.2, 0) is 12.0 Å². The Morgan fingerprint density at radius 3 is 2.05 bits per heavy atom. The Morgan fingerprint density at radius 1 is 0.825 bits per heavy atom. The third-order valence-corrected chi connectivity index (χ3v) is 6.17. The fourth-order valence-corrected chi connectivity index (χ4v) is 4.20. The van der Waals surface area contributed by atoms with Crippen LogP contribution >= 0.6 is 0 Å². The number of nitrogens with zero attached hydrogens (tertiary/aromatic N) is 2. The van der Waals surface area contributed by atoms with Crippen LogP contribution in [-0.4, -0.2) is 18.2 Å². The van der Waals surface area contributed by atoms with E-state index in [1.807, 2.05) is 13.8 Å². The van der Waals surface area contributed by atoms with Crippen LogP contribution < -0.4 is 18.9 Å². The van der Waals surface area contributed by atoms with Gasteiger partial charge < -0.3 is 19.4 Å². The van der Waals surface area contributed by atoms with Crippen molar-refractivity contribution in [2.24, 2.45) is 0 Å². The van der Waals surface area contributed by atoms with Crippen LogP contribution in [0.2, 0.25) is 0 Å². The van der Waals surface area contributed by atoms with Crippen LogP contribution in [0.15, 0.2) is 85.3 Å². The van der Waals surface area contributed by atoms with Gasteiger partial charge >= 0.3 is 13.2 Å². The van der Waals surface area contributed by atoms with E-state index in [0.29, 0.717) is 22.3 Å². The molecule has 4 rings (SSSR count). The highest BCUT2D eigenvalue weighted by Crippen LogP contribution is 2.37. The number of hydrogen-bond donors (Lipinski definition) is 0. The lowest BCUT2D eigenvalue weighted by molar-refractivity contribution is -0.605. The molecule has 0 aliphatic rings. The maximum atomic E-state index is 13.3. The first-order chi connectivity index (χ1) is 19.0. The lowest BCUT2D eigenvalue weighted by atomic mass is 9.87. The fraction of sp³-hybridized carbons (Fsp3) is 0.241. The lowest BCUT2D eigenvalue weighted by Crippen LogP contribution is -2.25. The van der Waals surface area contributed by atoms with Gasteiger partial charge in [0.05, 0.1) is 0 Å². The molecule has 0 amide bonds. The lowest BCUT2D eigenvalue weighted by Gasteiger charge is -2.26. The smallest absolute Gasteiger partial charge is 0.387 e. The molecule has 0 spiro atoms. The van der Waals surface area contributed by atoms with Gasteiger partial charge in [0, 0.05) is 30.3 Å². The van der Waals surface area contributed by atoms with Gasteiger partial charge in [0.1, 0.15) is 11.4 Å². The molecule has 2 heterocycles. The van der Waals surface area contributed by atoms with E-state index in [-0.39, 0.29) is 11.7 Å². The van der Waals surface area contributed by atoms with Gasteiger partial charge in [0.15, 0.2) is 23.9 Å². The van der Waals surface area contributed by atoms with Crippen molar-refractivity contribution in [1.29, 1.82) is 0 Å². The van der Waals surface area contributed by atoms with Gasteiger partial charge in [-0.05, 0) is 66.8 Å². The molecule has 2 aromatic heterocycles. The minimum absolute atomic E-state index is 0.284. The summed E-state index contributed by atoms with van der Waals surface area (Å²) in [6.07, 6.45) is 4.51. The third kappa shape index (κ3) is 7.37. The molecule has 0 radical (unpaired) electrons. The number of ether oxygens (including phenoxy) is 3. The van der Waals surface area contributed by atoms with Crippen molar-refractivity contribution in [3.05, 3.63) is 119 Å². The summed E-state index contributed by atoms with van der Waals surface area (Å²) >= 11 is 0. The Bertz CT molecular complexity index is 1400. The number of hydrogen-bond acceptors (Lipinski definition) is 5. The molecular weight excluding hydrogens is 535 g/mol. The van der Waals surface area contributed by atoms with E-state index in [1.165, 1.54) is 36.7 Å². The van der Waals surface area contributed by atoms with E-state index >= 15 is 0 Å². The summed E-state index contributed by atoms with van der Waals surface area (Å²) in [7, 11) is 0. The van der Waals surface area contributed by atoms with Crippen LogP contribution in [0.3, 0.4) is 0 Å². The third-order valence-electron chi connectivity index (χ3n) is 6.17. The Balaban J connectivity index is 1.67. The Labute approximate surface area is 227 Å². The number of halogens is 5. The molecule has 1 unspecified atom stereocenters. The summed E-state index contributed by atoms with van der Waals surface area (Å²) in [5.41, 5.74) is 1.75. The molecule has 1 atom stereocenters. The molecule has 2 aromatic carbocycles. The molecule has 0 saturated heterocycles. The van der Waals surface area contributed by atoms with Crippen LogP contribution in [0.1, 0.15) is 42.0 Å². The van der Waals surface area contributed by atoms with Gasteiger partial charge in [-0.15, -0.1) is 0 Å². The summed E-state index contributed by atoms with van der Waals surface area (Å²) in [6, 6.07) is 16.3. The van der Waals surface area contributed by atoms with Crippen molar-refractivity contribution in [1.82, 2.24) is 4.98 Å². The second-order valence-electron chi connectivity index (χ2n) is 9.34. The SMILES string of the molecule is CC(C)(Oc1ccc(C(Cc2cc[n+]([O-])cc2)c2ccc(OC(F)F)c(OC(F)F)c2)cn1)c1ccc(F)cc1. The van der Waals surface area contributed by atoms with E-state index in [0.717, 1.165) is 17.2 Å².